The van der Waals surface area contributed by atoms with E-state index in [0.29, 0.717) is 28.3 Å². The van der Waals surface area contributed by atoms with Gasteiger partial charge in [0.15, 0.2) is 0 Å². The van der Waals surface area contributed by atoms with Gasteiger partial charge in [-0.25, -0.2) is 0 Å². The average Bonchev–Trinajstić information content (AvgIpc) is 2.46. The minimum atomic E-state index is -0.228. The Balaban J connectivity index is 2.23. The number of rotatable bonds is 4. The van der Waals surface area contributed by atoms with E-state index in [0.717, 1.165) is 5.69 Å². The normalized spacial score (nSPS) is 10.3. The second-order valence-electron chi connectivity index (χ2n) is 4.72. The number of carbonyl (C=O) groups excluding carboxylic acids is 1. The van der Waals surface area contributed by atoms with Crippen LogP contribution < -0.4 is 10.1 Å². The number of anilines is 1. The lowest BCUT2D eigenvalue weighted by molar-refractivity contribution is 0.102. The van der Waals surface area contributed by atoms with E-state index in [1.54, 1.807) is 37.3 Å². The number of aryl methyl sites for hydroxylation is 2. The third-order valence-electron chi connectivity index (χ3n) is 3.18. The van der Waals surface area contributed by atoms with Gasteiger partial charge in [0.05, 0.1) is 25.0 Å². The molecule has 1 amide bonds. The van der Waals surface area contributed by atoms with Crippen LogP contribution in [0.15, 0.2) is 30.3 Å². The third kappa shape index (κ3) is 3.38. The summed E-state index contributed by atoms with van der Waals surface area (Å²) in [5.41, 5.74) is 3.31. The van der Waals surface area contributed by atoms with Crippen molar-refractivity contribution >= 4 is 11.6 Å². The maximum absolute atomic E-state index is 12.3. The van der Waals surface area contributed by atoms with E-state index < -0.39 is 0 Å². The summed E-state index contributed by atoms with van der Waals surface area (Å²) < 4.78 is 5.13. The summed E-state index contributed by atoms with van der Waals surface area (Å²) in [6.07, 6.45) is 0. The molecule has 2 aromatic rings. The Labute approximate surface area is 123 Å². The molecule has 0 aliphatic rings. The van der Waals surface area contributed by atoms with Crippen molar-refractivity contribution in [2.45, 2.75) is 20.5 Å². The van der Waals surface area contributed by atoms with Crippen molar-refractivity contribution in [1.82, 2.24) is 4.98 Å². The molecule has 0 saturated heterocycles. The summed E-state index contributed by atoms with van der Waals surface area (Å²) in [4.78, 5) is 16.5. The fourth-order valence-electron chi connectivity index (χ4n) is 2.10. The number of aromatic nitrogens is 1. The van der Waals surface area contributed by atoms with E-state index in [9.17, 15) is 9.90 Å². The molecular weight excluding hydrogens is 268 g/mol. The predicted octanol–water partition coefficient (Wildman–Crippen LogP) is 2.45. The molecule has 2 rings (SSSR count). The zero-order valence-corrected chi connectivity index (χ0v) is 12.3. The van der Waals surface area contributed by atoms with Gasteiger partial charge in [-0.1, -0.05) is 0 Å². The Morgan fingerprint density at radius 3 is 2.67 bits per heavy atom. The molecule has 0 saturated carbocycles. The number of hydrogen-bond acceptors (Lipinski definition) is 4. The molecule has 0 radical (unpaired) electrons. The number of hydrogen-bond donors (Lipinski definition) is 2. The molecule has 5 heteroatoms. The molecule has 1 aromatic heterocycles. The Morgan fingerprint density at radius 2 is 2.05 bits per heavy atom. The van der Waals surface area contributed by atoms with Gasteiger partial charge >= 0.3 is 0 Å². The van der Waals surface area contributed by atoms with E-state index in [4.69, 9.17) is 4.74 Å². The van der Waals surface area contributed by atoms with Crippen LogP contribution in [0.25, 0.3) is 0 Å². The number of nitrogens with zero attached hydrogens (tertiary/aromatic N) is 1. The fraction of sp³-hybridized carbons (Fsp3) is 0.250. The average molecular weight is 286 g/mol. The summed E-state index contributed by atoms with van der Waals surface area (Å²) >= 11 is 0. The van der Waals surface area contributed by atoms with Gasteiger partial charge < -0.3 is 15.2 Å². The molecular formula is C16H18N2O3. The zero-order valence-electron chi connectivity index (χ0n) is 12.3. The lowest BCUT2D eigenvalue weighted by Crippen LogP contribution is -2.14. The van der Waals surface area contributed by atoms with Crippen LogP contribution >= 0.6 is 0 Å². The van der Waals surface area contributed by atoms with Crippen LogP contribution in [0.5, 0.6) is 5.75 Å². The highest BCUT2D eigenvalue weighted by atomic mass is 16.5. The summed E-state index contributed by atoms with van der Waals surface area (Å²) in [7, 11) is 1.54. The highest BCUT2D eigenvalue weighted by Crippen LogP contribution is 2.23. The largest absolute Gasteiger partial charge is 0.496 e. The second kappa shape index (κ2) is 6.37. The van der Waals surface area contributed by atoms with Crippen molar-refractivity contribution in [3.8, 4) is 5.75 Å². The molecule has 0 aliphatic carbocycles. The molecule has 0 unspecified atom stereocenters. The second-order valence-corrected chi connectivity index (χ2v) is 4.72. The van der Waals surface area contributed by atoms with E-state index >= 15 is 0 Å². The molecule has 1 aromatic carbocycles. The number of aliphatic hydroxyl groups is 1. The number of aliphatic hydroxyl groups excluding tert-OH is 1. The Morgan fingerprint density at radius 1 is 1.29 bits per heavy atom. The van der Waals surface area contributed by atoms with E-state index in [-0.39, 0.29) is 12.5 Å². The topological polar surface area (TPSA) is 71.5 Å². The van der Waals surface area contributed by atoms with Gasteiger partial charge in [0, 0.05) is 16.9 Å². The van der Waals surface area contributed by atoms with Gasteiger partial charge in [0.1, 0.15) is 5.75 Å². The lowest BCUT2D eigenvalue weighted by Gasteiger charge is -2.11. The molecule has 0 bridgehead atoms. The first kappa shape index (κ1) is 15.0. The van der Waals surface area contributed by atoms with Gasteiger partial charge in [0.25, 0.3) is 5.91 Å². The van der Waals surface area contributed by atoms with E-state index in [2.05, 4.69) is 10.3 Å². The first-order chi connectivity index (χ1) is 10.0. The molecule has 2 N–H and O–H groups in total. The highest BCUT2D eigenvalue weighted by molar-refractivity contribution is 6.05. The molecule has 5 nitrogen and oxygen atoms in total. The summed E-state index contributed by atoms with van der Waals surface area (Å²) in [6.45, 7) is 3.53. The van der Waals surface area contributed by atoms with E-state index in [1.165, 1.54) is 7.11 Å². The van der Waals surface area contributed by atoms with Crippen LogP contribution in [0, 0.1) is 13.8 Å². The maximum atomic E-state index is 12.3. The van der Waals surface area contributed by atoms with Gasteiger partial charge in [-0.2, -0.15) is 0 Å². The fourth-order valence-corrected chi connectivity index (χ4v) is 2.10. The van der Waals surface area contributed by atoms with Gasteiger partial charge in [-0.3, -0.25) is 9.78 Å². The van der Waals surface area contributed by atoms with Crippen LogP contribution in [0.4, 0.5) is 5.69 Å². The number of amides is 1. The van der Waals surface area contributed by atoms with Crippen LogP contribution in [0.1, 0.15) is 27.3 Å². The monoisotopic (exact) mass is 286 g/mol. The van der Waals surface area contributed by atoms with Crippen molar-refractivity contribution in [3.05, 3.63) is 52.8 Å². The van der Waals surface area contributed by atoms with Crippen molar-refractivity contribution in [1.29, 1.82) is 0 Å². The quantitative estimate of drug-likeness (QED) is 0.905. The number of carbonyl (C=O) groups is 1. The third-order valence-corrected chi connectivity index (χ3v) is 3.18. The molecule has 0 fully saturated rings. The Hall–Kier alpha value is -2.40. The Kier molecular flexibility index (Phi) is 4.55. The highest BCUT2D eigenvalue weighted by Gasteiger charge is 2.11. The Bertz CT molecular complexity index is 669. The number of methoxy groups -OCH3 is 1. The maximum Gasteiger partial charge on any atom is 0.257 e. The smallest absolute Gasteiger partial charge is 0.257 e. The molecule has 0 spiro atoms. The number of pyridine rings is 1. The van der Waals surface area contributed by atoms with Gasteiger partial charge in [-0.15, -0.1) is 0 Å². The zero-order chi connectivity index (χ0) is 15.4. The van der Waals surface area contributed by atoms with Crippen molar-refractivity contribution in [2.75, 3.05) is 12.4 Å². The standard InChI is InChI=1S/C16H18N2O3/c1-10-4-6-14(11(2)17-10)16(20)18-13-5-7-15(21-3)12(8-13)9-19/h4-8,19H,9H2,1-3H3,(H,18,20). The number of benzene rings is 1. The summed E-state index contributed by atoms with van der Waals surface area (Å²) in [6, 6.07) is 8.68. The van der Waals surface area contributed by atoms with Gasteiger partial charge in [-0.05, 0) is 44.2 Å². The molecule has 0 aliphatic heterocycles. The molecule has 0 atom stereocenters. The lowest BCUT2D eigenvalue weighted by atomic mass is 10.1. The van der Waals surface area contributed by atoms with Crippen LogP contribution in [0.3, 0.4) is 0 Å². The van der Waals surface area contributed by atoms with Crippen molar-refractivity contribution in [3.63, 3.8) is 0 Å². The van der Waals surface area contributed by atoms with Crippen molar-refractivity contribution in [2.24, 2.45) is 0 Å². The molecule has 110 valence electrons. The first-order valence-electron chi connectivity index (χ1n) is 6.58. The number of nitrogens with one attached hydrogen (secondary N) is 1. The van der Waals surface area contributed by atoms with Crippen molar-refractivity contribution < 1.29 is 14.6 Å². The minimum absolute atomic E-state index is 0.155. The van der Waals surface area contributed by atoms with Crippen LogP contribution in [-0.2, 0) is 6.61 Å². The molecule has 1 heterocycles. The SMILES string of the molecule is COc1ccc(NC(=O)c2ccc(C)nc2C)cc1CO. The molecule has 21 heavy (non-hydrogen) atoms. The van der Waals surface area contributed by atoms with Crippen LogP contribution in [0.2, 0.25) is 0 Å². The van der Waals surface area contributed by atoms with Crippen LogP contribution in [-0.4, -0.2) is 23.1 Å². The van der Waals surface area contributed by atoms with Gasteiger partial charge in [0.2, 0.25) is 0 Å². The first-order valence-corrected chi connectivity index (χ1v) is 6.58. The predicted molar refractivity (Wildman–Crippen MR) is 80.6 cm³/mol. The summed E-state index contributed by atoms with van der Waals surface area (Å²) in [5, 5.41) is 12.1. The van der Waals surface area contributed by atoms with E-state index in [1.807, 2.05) is 6.92 Å². The summed E-state index contributed by atoms with van der Waals surface area (Å²) in [5.74, 6) is 0.359. The minimum Gasteiger partial charge on any atom is -0.496 e. The number of ether oxygens (including phenoxy) is 1.